The Morgan fingerprint density at radius 2 is 1.66 bits per heavy atom. The van der Waals surface area contributed by atoms with Gasteiger partial charge >= 0.3 is 0 Å². The van der Waals surface area contributed by atoms with Crippen molar-refractivity contribution in [3.63, 3.8) is 0 Å². The van der Waals surface area contributed by atoms with Gasteiger partial charge in [-0.05, 0) is 67.5 Å². The lowest BCUT2D eigenvalue weighted by Gasteiger charge is -2.40. The number of nitrogens with zero attached hydrogens (tertiary/aromatic N) is 2. The predicted molar refractivity (Wildman–Crippen MR) is 125 cm³/mol. The van der Waals surface area contributed by atoms with E-state index in [1.807, 2.05) is 0 Å². The second kappa shape index (κ2) is 10.7. The third kappa shape index (κ3) is 6.62. The molecule has 29 heavy (non-hydrogen) atoms. The standard InChI is InChI=1S/C24H39N3O.ClH/c1-24(2,3)20-12-10-19(11-13-20)21-7-4-5-8-22(21)27-17-15-26(16-18-27)14-6-9-23(25)28;/h4-5,7-8,19-20H,6,9-18H2,1-3H3,(H2,25,28);1H. The van der Waals surface area contributed by atoms with Crippen molar-refractivity contribution < 1.29 is 4.79 Å². The van der Waals surface area contributed by atoms with Crippen molar-refractivity contribution in [1.82, 2.24) is 4.90 Å². The minimum atomic E-state index is -0.186. The van der Waals surface area contributed by atoms with Crippen molar-refractivity contribution in [2.24, 2.45) is 17.1 Å². The smallest absolute Gasteiger partial charge is 0.217 e. The van der Waals surface area contributed by atoms with E-state index in [-0.39, 0.29) is 18.3 Å². The molecule has 1 aromatic rings. The highest BCUT2D eigenvalue weighted by atomic mass is 35.5. The summed E-state index contributed by atoms with van der Waals surface area (Å²) in [6, 6.07) is 9.11. The molecule has 2 N–H and O–H groups in total. The summed E-state index contributed by atoms with van der Waals surface area (Å²) < 4.78 is 0. The normalized spacial score (nSPS) is 23.5. The Morgan fingerprint density at radius 1 is 1.03 bits per heavy atom. The van der Waals surface area contributed by atoms with E-state index in [1.54, 1.807) is 5.56 Å². The molecule has 1 saturated carbocycles. The minimum Gasteiger partial charge on any atom is -0.370 e. The van der Waals surface area contributed by atoms with Crippen LogP contribution in [0.1, 0.15) is 70.8 Å². The molecule has 0 spiro atoms. The highest BCUT2D eigenvalue weighted by molar-refractivity contribution is 5.85. The monoisotopic (exact) mass is 421 g/mol. The molecule has 0 unspecified atom stereocenters. The number of para-hydroxylation sites is 1. The largest absolute Gasteiger partial charge is 0.370 e. The van der Waals surface area contributed by atoms with E-state index in [9.17, 15) is 4.79 Å². The Hall–Kier alpha value is -1.26. The Kier molecular flexibility index (Phi) is 8.84. The summed E-state index contributed by atoms with van der Waals surface area (Å²) in [6.07, 6.45) is 6.74. The Bertz CT molecular complexity index is 642. The van der Waals surface area contributed by atoms with Crippen molar-refractivity contribution in [2.75, 3.05) is 37.6 Å². The number of hydrogen-bond acceptors (Lipinski definition) is 3. The topological polar surface area (TPSA) is 49.6 Å². The van der Waals surface area contributed by atoms with Gasteiger partial charge in [0.25, 0.3) is 0 Å². The van der Waals surface area contributed by atoms with E-state index in [2.05, 4.69) is 54.8 Å². The first kappa shape index (κ1) is 24.0. The van der Waals surface area contributed by atoms with E-state index in [0.717, 1.165) is 45.1 Å². The van der Waals surface area contributed by atoms with Crippen LogP contribution in [-0.4, -0.2) is 43.5 Å². The Labute approximate surface area is 183 Å². The lowest BCUT2D eigenvalue weighted by atomic mass is 9.68. The number of benzene rings is 1. The van der Waals surface area contributed by atoms with Gasteiger partial charge in [0, 0.05) is 38.3 Å². The Morgan fingerprint density at radius 3 is 2.24 bits per heavy atom. The summed E-state index contributed by atoms with van der Waals surface area (Å²) in [7, 11) is 0. The molecular formula is C24H40ClN3O. The number of carbonyl (C=O) groups excluding carboxylic acids is 1. The van der Waals surface area contributed by atoms with E-state index in [0.29, 0.717) is 17.8 Å². The van der Waals surface area contributed by atoms with Crippen molar-refractivity contribution in [2.45, 2.75) is 65.2 Å². The van der Waals surface area contributed by atoms with Gasteiger partial charge in [0.1, 0.15) is 0 Å². The zero-order valence-electron chi connectivity index (χ0n) is 18.5. The van der Waals surface area contributed by atoms with E-state index in [4.69, 9.17) is 5.73 Å². The fourth-order valence-corrected chi connectivity index (χ4v) is 5.08. The molecule has 3 rings (SSSR count). The van der Waals surface area contributed by atoms with E-state index < -0.39 is 0 Å². The fraction of sp³-hybridized carbons (Fsp3) is 0.708. The maximum atomic E-state index is 10.9. The van der Waals surface area contributed by atoms with Crippen LogP contribution in [0.4, 0.5) is 5.69 Å². The molecule has 5 heteroatoms. The van der Waals surface area contributed by atoms with Crippen LogP contribution >= 0.6 is 12.4 Å². The molecule has 1 aliphatic carbocycles. The van der Waals surface area contributed by atoms with E-state index >= 15 is 0 Å². The van der Waals surface area contributed by atoms with Gasteiger partial charge in [-0.25, -0.2) is 0 Å². The molecule has 1 saturated heterocycles. The van der Waals surface area contributed by atoms with Gasteiger partial charge in [-0.2, -0.15) is 0 Å². The molecule has 1 aliphatic heterocycles. The van der Waals surface area contributed by atoms with E-state index in [1.165, 1.54) is 31.4 Å². The maximum Gasteiger partial charge on any atom is 0.217 e. The van der Waals surface area contributed by atoms with Crippen LogP contribution in [0.25, 0.3) is 0 Å². The number of primary amides is 1. The predicted octanol–water partition coefficient (Wildman–Crippen LogP) is 4.82. The molecule has 0 aromatic heterocycles. The quantitative estimate of drug-likeness (QED) is 0.716. The molecule has 164 valence electrons. The molecular weight excluding hydrogens is 382 g/mol. The summed E-state index contributed by atoms with van der Waals surface area (Å²) >= 11 is 0. The molecule has 1 aromatic carbocycles. The van der Waals surface area contributed by atoms with Crippen LogP contribution in [0.5, 0.6) is 0 Å². The molecule has 0 atom stereocenters. The average molecular weight is 422 g/mol. The first-order chi connectivity index (χ1) is 13.3. The number of carbonyl (C=O) groups is 1. The lowest BCUT2D eigenvalue weighted by molar-refractivity contribution is -0.118. The van der Waals surface area contributed by atoms with Gasteiger partial charge in [0.05, 0.1) is 0 Å². The summed E-state index contributed by atoms with van der Waals surface area (Å²) in [5.41, 5.74) is 8.72. The summed E-state index contributed by atoms with van der Waals surface area (Å²) in [4.78, 5) is 16.0. The number of anilines is 1. The Balaban J connectivity index is 0.00000300. The average Bonchev–Trinajstić information content (AvgIpc) is 2.68. The minimum absolute atomic E-state index is 0. The highest BCUT2D eigenvalue weighted by Crippen LogP contribution is 2.45. The molecule has 0 radical (unpaired) electrons. The summed E-state index contributed by atoms with van der Waals surface area (Å²) in [5, 5.41) is 0. The third-order valence-electron chi connectivity index (χ3n) is 6.94. The SMILES string of the molecule is CC(C)(C)C1CCC(c2ccccc2N2CCN(CCCC(N)=O)CC2)CC1.Cl. The summed E-state index contributed by atoms with van der Waals surface area (Å²) in [5.74, 6) is 1.39. The number of halogens is 1. The van der Waals surface area contributed by atoms with Crippen LogP contribution in [0.2, 0.25) is 0 Å². The molecule has 2 fully saturated rings. The molecule has 4 nitrogen and oxygen atoms in total. The van der Waals surface area contributed by atoms with Gasteiger partial charge in [-0.3, -0.25) is 9.69 Å². The lowest BCUT2D eigenvalue weighted by Crippen LogP contribution is -2.47. The number of rotatable bonds is 6. The highest BCUT2D eigenvalue weighted by Gasteiger charge is 2.31. The van der Waals surface area contributed by atoms with Crippen LogP contribution < -0.4 is 10.6 Å². The molecule has 1 amide bonds. The number of piperazine rings is 1. The van der Waals surface area contributed by atoms with Crippen LogP contribution in [0.15, 0.2) is 24.3 Å². The van der Waals surface area contributed by atoms with Crippen molar-refractivity contribution in [3.05, 3.63) is 29.8 Å². The zero-order valence-corrected chi connectivity index (χ0v) is 19.3. The van der Waals surface area contributed by atoms with Crippen molar-refractivity contribution in [1.29, 1.82) is 0 Å². The van der Waals surface area contributed by atoms with Gasteiger partial charge in [0.2, 0.25) is 5.91 Å². The molecule has 2 aliphatic rings. The zero-order chi connectivity index (χ0) is 20.1. The second-order valence-electron chi connectivity index (χ2n) is 9.87. The van der Waals surface area contributed by atoms with Crippen molar-refractivity contribution >= 4 is 24.0 Å². The van der Waals surface area contributed by atoms with Crippen LogP contribution in [0.3, 0.4) is 0 Å². The first-order valence-electron chi connectivity index (χ1n) is 11.2. The molecule has 1 heterocycles. The molecule has 0 bridgehead atoms. The summed E-state index contributed by atoms with van der Waals surface area (Å²) in [6.45, 7) is 12.5. The van der Waals surface area contributed by atoms with Crippen LogP contribution in [-0.2, 0) is 4.79 Å². The maximum absolute atomic E-state index is 10.9. The van der Waals surface area contributed by atoms with Gasteiger partial charge in [0.15, 0.2) is 0 Å². The number of hydrogen-bond donors (Lipinski definition) is 1. The first-order valence-corrected chi connectivity index (χ1v) is 11.2. The van der Waals surface area contributed by atoms with Crippen molar-refractivity contribution in [3.8, 4) is 0 Å². The second-order valence-corrected chi connectivity index (χ2v) is 9.87. The number of amides is 1. The van der Waals surface area contributed by atoms with Gasteiger partial charge in [-0.1, -0.05) is 39.0 Å². The van der Waals surface area contributed by atoms with Gasteiger partial charge in [-0.15, -0.1) is 12.4 Å². The van der Waals surface area contributed by atoms with Gasteiger partial charge < -0.3 is 10.6 Å². The number of nitrogens with two attached hydrogens (primary N) is 1. The third-order valence-corrected chi connectivity index (χ3v) is 6.94. The van der Waals surface area contributed by atoms with Crippen LogP contribution in [0, 0.1) is 11.3 Å². The fourth-order valence-electron chi connectivity index (χ4n) is 5.08.